The Morgan fingerprint density at radius 3 is 2.07 bits per heavy atom. The van der Waals surface area contributed by atoms with Crippen LogP contribution in [0.1, 0.15) is 41.6 Å². The van der Waals surface area contributed by atoms with Gasteiger partial charge in [-0.25, -0.2) is 13.2 Å². The van der Waals surface area contributed by atoms with Gasteiger partial charge >= 0.3 is 5.97 Å². The summed E-state index contributed by atoms with van der Waals surface area (Å²) in [6.45, 7) is 1.07. The van der Waals surface area contributed by atoms with Crippen molar-refractivity contribution in [2.24, 2.45) is 0 Å². The summed E-state index contributed by atoms with van der Waals surface area (Å²) in [6, 6.07) is 14.0. The van der Waals surface area contributed by atoms with E-state index in [4.69, 9.17) is 10.00 Å². The average molecular weight is 384 g/mol. The van der Waals surface area contributed by atoms with Gasteiger partial charge in [0, 0.05) is 13.1 Å². The van der Waals surface area contributed by atoms with Crippen molar-refractivity contribution >= 4 is 16.0 Å². The molecule has 140 valence electrons. The molecule has 0 amide bonds. The Bertz CT molecular complexity index is 937. The lowest BCUT2D eigenvalue weighted by Gasteiger charge is -2.19. The topological polar surface area (TPSA) is 87.5 Å². The quantitative estimate of drug-likeness (QED) is 0.596. The number of rotatable bonds is 4. The number of hydrogen-bond acceptors (Lipinski definition) is 5. The highest BCUT2D eigenvalue weighted by Crippen LogP contribution is 2.21. The standard InChI is InChI=1S/C20H20N2O4S/c21-15-16-5-9-18(10-6-16)26-20(23)17-7-11-19(12-8-17)27(24,25)22-13-3-1-2-4-14-22/h5-12H,1-4,13-14H2. The van der Waals surface area contributed by atoms with Gasteiger partial charge in [-0.15, -0.1) is 0 Å². The van der Waals surface area contributed by atoms with Crippen LogP contribution in [0.25, 0.3) is 0 Å². The summed E-state index contributed by atoms with van der Waals surface area (Å²) in [5, 5.41) is 8.78. The zero-order chi connectivity index (χ0) is 19.3. The Labute approximate surface area is 159 Å². The first-order valence-electron chi connectivity index (χ1n) is 8.83. The maximum absolute atomic E-state index is 12.8. The van der Waals surface area contributed by atoms with E-state index in [1.807, 2.05) is 6.07 Å². The van der Waals surface area contributed by atoms with E-state index in [0.717, 1.165) is 25.7 Å². The molecule has 0 radical (unpaired) electrons. The normalized spacial score (nSPS) is 15.5. The Kier molecular flexibility index (Phi) is 5.89. The molecule has 0 saturated carbocycles. The molecule has 7 heteroatoms. The molecule has 0 aliphatic carbocycles. The van der Waals surface area contributed by atoms with Crippen molar-refractivity contribution in [2.75, 3.05) is 13.1 Å². The van der Waals surface area contributed by atoms with Crippen LogP contribution in [-0.2, 0) is 10.0 Å². The maximum atomic E-state index is 12.8. The molecule has 1 saturated heterocycles. The number of nitrogens with zero attached hydrogens (tertiary/aromatic N) is 2. The molecule has 0 aromatic heterocycles. The van der Waals surface area contributed by atoms with Crippen LogP contribution in [0.15, 0.2) is 53.4 Å². The Morgan fingerprint density at radius 2 is 1.52 bits per heavy atom. The molecule has 3 rings (SSSR count). The molecule has 1 aliphatic rings. The average Bonchev–Trinajstić information content (AvgIpc) is 2.99. The van der Waals surface area contributed by atoms with E-state index in [9.17, 15) is 13.2 Å². The van der Waals surface area contributed by atoms with Crippen LogP contribution in [0.4, 0.5) is 0 Å². The summed E-state index contributed by atoms with van der Waals surface area (Å²) in [4.78, 5) is 12.4. The molecule has 1 fully saturated rings. The molecule has 0 unspecified atom stereocenters. The van der Waals surface area contributed by atoms with Crippen LogP contribution in [0.5, 0.6) is 5.75 Å². The van der Waals surface area contributed by atoms with E-state index in [2.05, 4.69) is 0 Å². The number of esters is 1. The first-order chi connectivity index (χ1) is 13.0. The number of ether oxygens (including phenoxy) is 1. The first-order valence-corrected chi connectivity index (χ1v) is 10.3. The van der Waals surface area contributed by atoms with Crippen molar-refractivity contribution < 1.29 is 17.9 Å². The van der Waals surface area contributed by atoms with E-state index in [0.29, 0.717) is 24.4 Å². The minimum absolute atomic E-state index is 0.180. The fraction of sp³-hybridized carbons (Fsp3) is 0.300. The van der Waals surface area contributed by atoms with Gasteiger partial charge in [0.25, 0.3) is 0 Å². The summed E-state index contributed by atoms with van der Waals surface area (Å²) in [5.74, 6) is -0.265. The lowest BCUT2D eigenvalue weighted by atomic mass is 10.2. The van der Waals surface area contributed by atoms with Crippen LogP contribution >= 0.6 is 0 Å². The summed E-state index contributed by atoms with van der Waals surface area (Å²) in [7, 11) is -3.54. The fourth-order valence-corrected chi connectivity index (χ4v) is 4.47. The van der Waals surface area contributed by atoms with Gasteiger partial charge in [0.05, 0.1) is 22.1 Å². The van der Waals surface area contributed by atoms with Gasteiger partial charge in [-0.05, 0) is 61.4 Å². The molecule has 0 spiro atoms. The monoisotopic (exact) mass is 384 g/mol. The van der Waals surface area contributed by atoms with Crippen LogP contribution in [0.2, 0.25) is 0 Å². The van der Waals surface area contributed by atoms with Crippen LogP contribution in [0.3, 0.4) is 0 Å². The zero-order valence-corrected chi connectivity index (χ0v) is 15.6. The second kappa shape index (κ2) is 8.33. The highest BCUT2D eigenvalue weighted by atomic mass is 32.2. The predicted molar refractivity (Wildman–Crippen MR) is 99.8 cm³/mol. The Balaban J connectivity index is 1.72. The molecule has 6 nitrogen and oxygen atoms in total. The van der Waals surface area contributed by atoms with Crippen molar-refractivity contribution in [2.45, 2.75) is 30.6 Å². The molecular formula is C20H20N2O4S. The molecule has 1 aliphatic heterocycles. The third kappa shape index (κ3) is 4.54. The molecule has 0 bridgehead atoms. The number of benzene rings is 2. The highest BCUT2D eigenvalue weighted by Gasteiger charge is 2.25. The third-order valence-electron chi connectivity index (χ3n) is 4.49. The van der Waals surface area contributed by atoms with Crippen molar-refractivity contribution in [3.05, 3.63) is 59.7 Å². The van der Waals surface area contributed by atoms with Gasteiger partial charge in [-0.3, -0.25) is 0 Å². The van der Waals surface area contributed by atoms with Crippen LogP contribution in [0, 0.1) is 11.3 Å². The largest absolute Gasteiger partial charge is 0.423 e. The molecule has 27 heavy (non-hydrogen) atoms. The van der Waals surface area contributed by atoms with E-state index >= 15 is 0 Å². The van der Waals surface area contributed by atoms with E-state index in [1.165, 1.54) is 40.7 Å². The molecule has 1 heterocycles. The van der Waals surface area contributed by atoms with Crippen LogP contribution < -0.4 is 4.74 Å². The Morgan fingerprint density at radius 1 is 0.926 bits per heavy atom. The zero-order valence-electron chi connectivity index (χ0n) is 14.8. The predicted octanol–water partition coefficient (Wildman–Crippen LogP) is 3.34. The van der Waals surface area contributed by atoms with Crippen molar-refractivity contribution in [1.82, 2.24) is 4.31 Å². The van der Waals surface area contributed by atoms with Gasteiger partial charge in [-0.2, -0.15) is 9.57 Å². The summed E-state index contributed by atoms with van der Waals surface area (Å²) in [6.07, 6.45) is 3.83. The van der Waals surface area contributed by atoms with E-state index < -0.39 is 16.0 Å². The van der Waals surface area contributed by atoms with Crippen LogP contribution in [-0.4, -0.2) is 31.8 Å². The second-order valence-corrected chi connectivity index (χ2v) is 8.31. The summed E-state index contributed by atoms with van der Waals surface area (Å²) in [5.41, 5.74) is 0.729. The molecule has 2 aromatic rings. The highest BCUT2D eigenvalue weighted by molar-refractivity contribution is 7.89. The molecule has 0 N–H and O–H groups in total. The van der Waals surface area contributed by atoms with Crippen molar-refractivity contribution in [3.8, 4) is 11.8 Å². The Hall–Kier alpha value is -2.69. The van der Waals surface area contributed by atoms with Gasteiger partial charge < -0.3 is 4.74 Å². The second-order valence-electron chi connectivity index (χ2n) is 6.37. The molecule has 2 aromatic carbocycles. The SMILES string of the molecule is N#Cc1ccc(OC(=O)c2ccc(S(=O)(=O)N3CCCCCC3)cc2)cc1. The summed E-state index contributed by atoms with van der Waals surface area (Å²) < 4.78 is 32.3. The molecular weight excluding hydrogens is 364 g/mol. The van der Waals surface area contributed by atoms with Crippen molar-refractivity contribution in [1.29, 1.82) is 5.26 Å². The van der Waals surface area contributed by atoms with E-state index in [1.54, 1.807) is 12.1 Å². The number of sulfonamides is 1. The third-order valence-corrected chi connectivity index (χ3v) is 6.40. The lowest BCUT2D eigenvalue weighted by molar-refractivity contribution is 0.0734. The smallest absolute Gasteiger partial charge is 0.343 e. The summed E-state index contributed by atoms with van der Waals surface area (Å²) >= 11 is 0. The number of carbonyl (C=O) groups excluding carboxylic acids is 1. The van der Waals surface area contributed by atoms with Gasteiger partial charge in [0.2, 0.25) is 10.0 Å². The van der Waals surface area contributed by atoms with Gasteiger partial charge in [0.15, 0.2) is 0 Å². The van der Waals surface area contributed by atoms with Crippen molar-refractivity contribution in [3.63, 3.8) is 0 Å². The lowest BCUT2D eigenvalue weighted by Crippen LogP contribution is -2.31. The number of nitriles is 1. The van der Waals surface area contributed by atoms with Gasteiger partial charge in [0.1, 0.15) is 5.75 Å². The minimum atomic E-state index is -3.54. The maximum Gasteiger partial charge on any atom is 0.343 e. The number of hydrogen-bond donors (Lipinski definition) is 0. The fourth-order valence-electron chi connectivity index (χ4n) is 2.96. The van der Waals surface area contributed by atoms with Gasteiger partial charge in [-0.1, -0.05) is 12.8 Å². The minimum Gasteiger partial charge on any atom is -0.423 e. The molecule has 0 atom stereocenters. The van der Waals surface area contributed by atoms with E-state index in [-0.39, 0.29) is 10.5 Å². The number of carbonyl (C=O) groups is 1. The first kappa shape index (κ1) is 19.1.